The summed E-state index contributed by atoms with van der Waals surface area (Å²) in [4.78, 5) is 17.7. The summed E-state index contributed by atoms with van der Waals surface area (Å²) in [6, 6.07) is 0.879. The molecular formula is C23H20ClF2N5O3. The average molecular weight is 488 g/mol. The molecule has 0 spiro atoms. The van der Waals surface area contributed by atoms with E-state index < -0.39 is 17.2 Å². The third-order valence-corrected chi connectivity index (χ3v) is 5.86. The van der Waals surface area contributed by atoms with Crippen molar-refractivity contribution in [2.75, 3.05) is 33.0 Å². The first-order valence-corrected chi connectivity index (χ1v) is 10.5. The van der Waals surface area contributed by atoms with Gasteiger partial charge < -0.3 is 20.1 Å². The number of carbonyl (C=O) groups is 1. The minimum Gasteiger partial charge on any atom is -0.493 e. The van der Waals surface area contributed by atoms with Crippen LogP contribution in [0.15, 0.2) is 24.9 Å². The molecule has 2 N–H and O–H groups in total. The number of methoxy groups -OCH3 is 2. The van der Waals surface area contributed by atoms with Crippen molar-refractivity contribution in [2.24, 2.45) is 0 Å². The third kappa shape index (κ3) is 3.88. The van der Waals surface area contributed by atoms with E-state index in [4.69, 9.17) is 26.8 Å². The predicted molar refractivity (Wildman–Crippen MR) is 123 cm³/mol. The highest BCUT2D eigenvalue weighted by atomic mass is 35.5. The molecule has 176 valence electrons. The van der Waals surface area contributed by atoms with Gasteiger partial charge in [-0.1, -0.05) is 24.1 Å². The van der Waals surface area contributed by atoms with E-state index in [1.165, 1.54) is 26.5 Å². The molecule has 1 aliphatic rings. The quantitative estimate of drug-likeness (QED) is 0.448. The minimum atomic E-state index is -0.976. The van der Waals surface area contributed by atoms with Gasteiger partial charge in [-0.05, 0) is 18.4 Å². The van der Waals surface area contributed by atoms with Crippen molar-refractivity contribution < 1.29 is 23.0 Å². The standard InChI is InChI=1S/C23H20ClF2N5O3/c1-4-18(32)30-8-7-12(11-30)31-22-14(24)10-28-23(27)19(22)15(29-31)6-5-13-20(25)16(33-2)9-17(34-3)21(13)26/h4,9-10,12H,1,7-8,11H2,2-3H3,(H2,27,28)/t12-/m0/s1. The van der Waals surface area contributed by atoms with Gasteiger partial charge in [0.2, 0.25) is 5.91 Å². The molecule has 0 bridgehead atoms. The number of aromatic nitrogens is 3. The van der Waals surface area contributed by atoms with Gasteiger partial charge in [0.15, 0.2) is 23.1 Å². The number of rotatable bonds is 4. The lowest BCUT2D eigenvalue weighted by atomic mass is 10.1. The molecule has 3 aromatic rings. The van der Waals surface area contributed by atoms with Gasteiger partial charge in [0.05, 0.1) is 42.4 Å². The Morgan fingerprint density at radius 1 is 1.29 bits per heavy atom. The lowest BCUT2D eigenvalue weighted by Crippen LogP contribution is -2.27. The maximum atomic E-state index is 14.8. The Morgan fingerprint density at radius 3 is 2.59 bits per heavy atom. The molecule has 0 unspecified atom stereocenters. The largest absolute Gasteiger partial charge is 0.493 e. The molecule has 2 aromatic heterocycles. The van der Waals surface area contributed by atoms with E-state index in [-0.39, 0.29) is 40.0 Å². The van der Waals surface area contributed by atoms with Crippen LogP contribution in [-0.4, -0.2) is 52.9 Å². The van der Waals surface area contributed by atoms with E-state index in [0.29, 0.717) is 30.4 Å². The molecule has 34 heavy (non-hydrogen) atoms. The Labute approximate surface area is 198 Å². The zero-order valence-electron chi connectivity index (χ0n) is 18.4. The highest BCUT2D eigenvalue weighted by Crippen LogP contribution is 2.34. The zero-order valence-corrected chi connectivity index (χ0v) is 19.1. The molecule has 1 fully saturated rings. The summed E-state index contributed by atoms with van der Waals surface area (Å²) in [6.07, 6.45) is 3.25. The second kappa shape index (κ2) is 9.19. The molecule has 1 aliphatic heterocycles. The summed E-state index contributed by atoms with van der Waals surface area (Å²) in [7, 11) is 2.50. The maximum Gasteiger partial charge on any atom is 0.246 e. The molecule has 4 rings (SSSR count). The van der Waals surface area contributed by atoms with Crippen LogP contribution in [-0.2, 0) is 4.79 Å². The maximum absolute atomic E-state index is 14.8. The molecule has 1 atom stereocenters. The Bertz CT molecular complexity index is 1350. The number of halogens is 3. The normalized spacial score (nSPS) is 15.2. The van der Waals surface area contributed by atoms with E-state index in [0.717, 1.165) is 6.07 Å². The van der Waals surface area contributed by atoms with Gasteiger partial charge in [-0.3, -0.25) is 9.48 Å². The predicted octanol–water partition coefficient (Wildman–Crippen LogP) is 3.32. The molecule has 1 saturated heterocycles. The molecule has 8 nitrogen and oxygen atoms in total. The molecule has 0 radical (unpaired) electrons. The molecule has 0 saturated carbocycles. The molecule has 3 heterocycles. The van der Waals surface area contributed by atoms with Crippen LogP contribution in [0.25, 0.3) is 10.9 Å². The van der Waals surface area contributed by atoms with Crippen LogP contribution in [0.1, 0.15) is 23.7 Å². The first-order chi connectivity index (χ1) is 16.3. The summed E-state index contributed by atoms with van der Waals surface area (Å²) < 4.78 is 41.1. The number of benzene rings is 1. The Kier molecular flexibility index (Phi) is 6.30. The van der Waals surface area contributed by atoms with E-state index in [9.17, 15) is 13.6 Å². The molecule has 1 amide bonds. The van der Waals surface area contributed by atoms with E-state index in [1.807, 2.05) is 0 Å². The molecule has 11 heteroatoms. The number of likely N-dealkylation sites (tertiary alicyclic amines) is 1. The number of hydrogen-bond acceptors (Lipinski definition) is 6. The van der Waals surface area contributed by atoms with Crippen LogP contribution in [0.4, 0.5) is 14.6 Å². The summed E-state index contributed by atoms with van der Waals surface area (Å²) in [6.45, 7) is 4.41. The fraction of sp³-hybridized carbons (Fsp3) is 0.261. The van der Waals surface area contributed by atoms with Crippen LogP contribution in [0.5, 0.6) is 11.5 Å². The highest BCUT2D eigenvalue weighted by Gasteiger charge is 2.30. The van der Waals surface area contributed by atoms with E-state index >= 15 is 0 Å². The van der Waals surface area contributed by atoms with Crippen LogP contribution in [0.2, 0.25) is 5.02 Å². The summed E-state index contributed by atoms with van der Waals surface area (Å²) >= 11 is 6.42. The average Bonchev–Trinajstić information content (AvgIpc) is 3.47. The Morgan fingerprint density at radius 2 is 1.97 bits per heavy atom. The highest BCUT2D eigenvalue weighted by molar-refractivity contribution is 6.35. The van der Waals surface area contributed by atoms with Crippen molar-refractivity contribution in [1.29, 1.82) is 0 Å². The second-order valence-corrected chi connectivity index (χ2v) is 7.88. The van der Waals surface area contributed by atoms with Gasteiger partial charge in [0.1, 0.15) is 17.1 Å². The number of hydrogen-bond donors (Lipinski definition) is 1. The van der Waals surface area contributed by atoms with Gasteiger partial charge >= 0.3 is 0 Å². The first-order valence-electron chi connectivity index (χ1n) is 10.2. The van der Waals surface area contributed by atoms with Crippen molar-refractivity contribution in [3.8, 4) is 23.3 Å². The van der Waals surface area contributed by atoms with Crippen LogP contribution >= 0.6 is 11.6 Å². The van der Waals surface area contributed by atoms with Gasteiger partial charge in [0, 0.05) is 19.2 Å². The van der Waals surface area contributed by atoms with Crippen LogP contribution < -0.4 is 15.2 Å². The van der Waals surface area contributed by atoms with Crippen LogP contribution in [0, 0.1) is 23.5 Å². The first kappa shape index (κ1) is 23.3. The Hall–Kier alpha value is -3.84. The number of pyridine rings is 1. The van der Waals surface area contributed by atoms with Crippen molar-refractivity contribution in [3.63, 3.8) is 0 Å². The molecule has 1 aromatic carbocycles. The van der Waals surface area contributed by atoms with Gasteiger partial charge in [-0.25, -0.2) is 13.8 Å². The van der Waals surface area contributed by atoms with Gasteiger partial charge in [-0.15, -0.1) is 0 Å². The van der Waals surface area contributed by atoms with Crippen molar-refractivity contribution in [1.82, 2.24) is 19.7 Å². The number of carbonyl (C=O) groups excluding carboxylic acids is 1. The lowest BCUT2D eigenvalue weighted by Gasteiger charge is -2.15. The van der Waals surface area contributed by atoms with Crippen LogP contribution in [0.3, 0.4) is 0 Å². The molecule has 0 aliphatic carbocycles. The summed E-state index contributed by atoms with van der Waals surface area (Å²) in [5.74, 6) is 2.70. The zero-order chi connectivity index (χ0) is 24.6. The number of nitrogens with two attached hydrogens (primary N) is 1. The minimum absolute atomic E-state index is 0.108. The van der Waals surface area contributed by atoms with Gasteiger partial charge in [0.25, 0.3) is 0 Å². The summed E-state index contributed by atoms with van der Waals surface area (Å²) in [5.41, 5.74) is 6.16. The SMILES string of the molecule is C=CC(=O)N1CC[C@H](n2nc(C#Cc3c(F)c(OC)cc(OC)c3F)c3c(N)ncc(Cl)c32)C1. The van der Waals surface area contributed by atoms with Crippen molar-refractivity contribution >= 4 is 34.2 Å². The monoisotopic (exact) mass is 487 g/mol. The number of nitrogens with zero attached hydrogens (tertiary/aromatic N) is 4. The molecular weight excluding hydrogens is 468 g/mol. The number of nitrogen functional groups attached to an aromatic ring is 1. The number of amides is 1. The second-order valence-electron chi connectivity index (χ2n) is 7.47. The van der Waals surface area contributed by atoms with E-state index in [1.54, 1.807) is 9.58 Å². The Balaban J connectivity index is 1.86. The number of fused-ring (bicyclic) bond motifs is 1. The van der Waals surface area contributed by atoms with Gasteiger partial charge in [-0.2, -0.15) is 5.10 Å². The van der Waals surface area contributed by atoms with Crippen molar-refractivity contribution in [3.05, 3.63) is 52.8 Å². The fourth-order valence-electron chi connectivity index (χ4n) is 3.90. The van der Waals surface area contributed by atoms with Crippen molar-refractivity contribution in [2.45, 2.75) is 12.5 Å². The number of ether oxygens (including phenoxy) is 2. The number of anilines is 1. The lowest BCUT2D eigenvalue weighted by molar-refractivity contribution is -0.125. The topological polar surface area (TPSA) is 95.5 Å². The fourth-order valence-corrected chi connectivity index (χ4v) is 4.13. The van der Waals surface area contributed by atoms with E-state index in [2.05, 4.69) is 28.5 Å². The third-order valence-electron chi connectivity index (χ3n) is 5.58. The summed E-state index contributed by atoms with van der Waals surface area (Å²) in [5, 5.41) is 5.17. The smallest absolute Gasteiger partial charge is 0.246 e.